The first-order valence-corrected chi connectivity index (χ1v) is 14.4. The molecular formula is C31H28Cl2FN5O4. The molecule has 0 unspecified atom stereocenters. The number of rotatable bonds is 12. The highest BCUT2D eigenvalue weighted by Crippen LogP contribution is 2.28. The number of carbonyl (C=O) groups is 4. The Morgan fingerprint density at radius 2 is 1.70 bits per heavy atom. The van der Waals surface area contributed by atoms with Crippen LogP contribution in [-0.4, -0.2) is 50.8 Å². The molecule has 4 aromatic rings. The van der Waals surface area contributed by atoms with E-state index >= 15 is 0 Å². The third-order valence-electron chi connectivity index (χ3n) is 7.18. The number of hydrogen-bond donors (Lipinski definition) is 2. The monoisotopic (exact) mass is 623 g/mol. The first-order chi connectivity index (χ1) is 20.6. The molecule has 0 atom stereocenters. The van der Waals surface area contributed by atoms with Crippen molar-refractivity contribution >= 4 is 57.6 Å². The van der Waals surface area contributed by atoms with Crippen LogP contribution in [-0.2, 0) is 40.3 Å². The quantitative estimate of drug-likeness (QED) is 0.244. The summed E-state index contributed by atoms with van der Waals surface area (Å²) in [5.41, 5.74) is 7.82. The molecule has 0 saturated heterocycles. The van der Waals surface area contributed by atoms with Gasteiger partial charge in [0.2, 0.25) is 11.8 Å². The van der Waals surface area contributed by atoms with Gasteiger partial charge in [-0.25, -0.2) is 4.39 Å². The van der Waals surface area contributed by atoms with E-state index in [9.17, 15) is 23.6 Å². The Balaban J connectivity index is 1.27. The van der Waals surface area contributed by atoms with E-state index in [2.05, 4.69) is 10.4 Å². The lowest BCUT2D eigenvalue weighted by Gasteiger charge is -2.22. The minimum atomic E-state index is -0.771. The van der Waals surface area contributed by atoms with Gasteiger partial charge in [0.05, 0.1) is 17.1 Å². The zero-order chi connectivity index (χ0) is 30.7. The predicted octanol–water partition coefficient (Wildman–Crippen LogP) is 4.24. The van der Waals surface area contributed by atoms with E-state index in [1.165, 1.54) is 21.7 Å². The summed E-state index contributed by atoms with van der Waals surface area (Å²) >= 11 is 11.7. The number of nitrogens with zero attached hydrogens (tertiary/aromatic N) is 3. The summed E-state index contributed by atoms with van der Waals surface area (Å²) in [6, 6.07) is 16.6. The minimum absolute atomic E-state index is 0.0194. The summed E-state index contributed by atoms with van der Waals surface area (Å²) in [6.45, 7) is -0.521. The molecule has 0 spiro atoms. The fraction of sp³-hybridized carbons (Fsp3) is 0.258. The van der Waals surface area contributed by atoms with Crippen molar-refractivity contribution in [2.45, 2.75) is 44.8 Å². The molecule has 9 nitrogen and oxygen atoms in total. The summed E-state index contributed by atoms with van der Waals surface area (Å²) in [5.74, 6) is -2.22. The molecular weight excluding hydrogens is 596 g/mol. The number of hydrogen-bond acceptors (Lipinski definition) is 5. The molecule has 1 aliphatic carbocycles. The van der Waals surface area contributed by atoms with Crippen LogP contribution in [0.4, 0.5) is 4.39 Å². The van der Waals surface area contributed by atoms with Crippen molar-refractivity contribution in [3.63, 3.8) is 0 Å². The number of nitrogens with two attached hydrogens (primary N) is 1. The van der Waals surface area contributed by atoms with Crippen LogP contribution in [0.15, 0.2) is 60.7 Å². The molecule has 0 bridgehead atoms. The zero-order valence-electron chi connectivity index (χ0n) is 23.0. The van der Waals surface area contributed by atoms with E-state index in [0.29, 0.717) is 21.5 Å². The molecule has 1 heterocycles. The highest BCUT2D eigenvalue weighted by atomic mass is 35.5. The largest absolute Gasteiger partial charge is 0.364 e. The summed E-state index contributed by atoms with van der Waals surface area (Å²) in [5, 5.41) is 7.91. The molecule has 1 aromatic heterocycles. The lowest BCUT2D eigenvalue weighted by atomic mass is 10.0. The summed E-state index contributed by atoms with van der Waals surface area (Å²) in [4.78, 5) is 52.5. The van der Waals surface area contributed by atoms with Crippen molar-refractivity contribution in [1.82, 2.24) is 20.0 Å². The Hall–Kier alpha value is -4.28. The molecule has 1 fully saturated rings. The lowest BCUT2D eigenvalue weighted by molar-refractivity contribution is -0.137. The van der Waals surface area contributed by atoms with E-state index < -0.39 is 17.6 Å². The number of primary amides is 1. The first-order valence-electron chi connectivity index (χ1n) is 13.6. The van der Waals surface area contributed by atoms with Crippen LogP contribution >= 0.6 is 23.2 Å². The van der Waals surface area contributed by atoms with Crippen LogP contribution in [0, 0.1) is 5.82 Å². The van der Waals surface area contributed by atoms with Gasteiger partial charge in [-0.05, 0) is 54.3 Å². The van der Waals surface area contributed by atoms with Gasteiger partial charge >= 0.3 is 0 Å². The summed E-state index contributed by atoms with van der Waals surface area (Å²) < 4.78 is 15.6. The highest BCUT2D eigenvalue weighted by molar-refractivity contribution is 6.31. The maximum atomic E-state index is 14.2. The highest BCUT2D eigenvalue weighted by Gasteiger charge is 2.34. The third-order valence-corrected chi connectivity index (χ3v) is 7.72. The van der Waals surface area contributed by atoms with E-state index in [0.717, 1.165) is 18.4 Å². The molecule has 222 valence electrons. The standard InChI is InChI=1S/C31H28Cl2FN5O4/c32-21-7-4-18(5-8-21)12-23(40)13-19-6-11-26-24(14-19)30(31(35)43)37-39(26)17-28(42)38(22-9-10-22)16-27(41)36-15-20-2-1-3-25(33)29(20)34/h1-8,11,14,22H,9-10,12-13,15-17H2,(H2,35,43)(H,36,41). The van der Waals surface area contributed by atoms with Crippen molar-refractivity contribution in [2.24, 2.45) is 5.73 Å². The van der Waals surface area contributed by atoms with Crippen LogP contribution in [0.5, 0.6) is 0 Å². The Kier molecular flexibility index (Phi) is 9.08. The first kappa shape index (κ1) is 30.2. The number of nitrogens with one attached hydrogen (secondary N) is 1. The van der Waals surface area contributed by atoms with Crippen LogP contribution in [0.3, 0.4) is 0 Å². The fourth-order valence-electron chi connectivity index (χ4n) is 4.87. The van der Waals surface area contributed by atoms with E-state index in [-0.39, 0.29) is 66.5 Å². The van der Waals surface area contributed by atoms with Crippen LogP contribution < -0.4 is 11.1 Å². The molecule has 1 saturated carbocycles. The van der Waals surface area contributed by atoms with Gasteiger partial charge in [0, 0.05) is 41.4 Å². The number of carbonyl (C=O) groups excluding carboxylic acids is 4. The van der Waals surface area contributed by atoms with E-state index in [1.807, 2.05) is 0 Å². The second-order valence-electron chi connectivity index (χ2n) is 10.5. The maximum Gasteiger partial charge on any atom is 0.269 e. The predicted molar refractivity (Wildman–Crippen MR) is 160 cm³/mol. The summed E-state index contributed by atoms with van der Waals surface area (Å²) in [6.07, 6.45) is 1.86. The number of amides is 3. The van der Waals surface area contributed by atoms with Crippen molar-refractivity contribution in [1.29, 1.82) is 0 Å². The van der Waals surface area contributed by atoms with Gasteiger partial charge < -0.3 is 16.0 Å². The van der Waals surface area contributed by atoms with Gasteiger partial charge in [-0.3, -0.25) is 23.9 Å². The zero-order valence-corrected chi connectivity index (χ0v) is 24.5. The number of Topliss-reactive ketones (excluding diaryl/α,β-unsaturated/α-hetero) is 1. The Bertz CT molecular complexity index is 1720. The second kappa shape index (κ2) is 12.9. The molecule has 12 heteroatoms. The summed E-state index contributed by atoms with van der Waals surface area (Å²) in [7, 11) is 0. The van der Waals surface area contributed by atoms with Crippen molar-refractivity contribution in [3.05, 3.63) is 98.9 Å². The normalized spacial score (nSPS) is 12.7. The van der Waals surface area contributed by atoms with Gasteiger partial charge in [-0.1, -0.05) is 53.5 Å². The molecule has 3 N–H and O–H groups in total. The van der Waals surface area contributed by atoms with Gasteiger partial charge in [-0.15, -0.1) is 0 Å². The van der Waals surface area contributed by atoms with Crippen LogP contribution in [0.25, 0.3) is 10.9 Å². The second-order valence-corrected chi connectivity index (χ2v) is 11.3. The fourth-order valence-corrected chi connectivity index (χ4v) is 5.19. The van der Waals surface area contributed by atoms with Gasteiger partial charge in [0.25, 0.3) is 5.91 Å². The third kappa shape index (κ3) is 7.39. The molecule has 43 heavy (non-hydrogen) atoms. The topological polar surface area (TPSA) is 127 Å². The maximum absolute atomic E-state index is 14.2. The van der Waals surface area contributed by atoms with Crippen LogP contribution in [0.1, 0.15) is 40.0 Å². The van der Waals surface area contributed by atoms with Crippen LogP contribution in [0.2, 0.25) is 10.0 Å². The number of aromatic nitrogens is 2. The Morgan fingerprint density at radius 3 is 2.40 bits per heavy atom. The van der Waals surface area contributed by atoms with E-state index in [4.69, 9.17) is 28.9 Å². The molecule has 1 aliphatic rings. The average molecular weight is 625 g/mol. The van der Waals surface area contributed by atoms with Crippen molar-refractivity contribution in [2.75, 3.05) is 6.54 Å². The molecule has 5 rings (SSSR count). The molecule has 3 amide bonds. The smallest absolute Gasteiger partial charge is 0.269 e. The van der Waals surface area contributed by atoms with Gasteiger partial charge in [-0.2, -0.15) is 5.10 Å². The van der Waals surface area contributed by atoms with Crippen molar-refractivity contribution in [3.8, 4) is 0 Å². The average Bonchev–Trinajstić information content (AvgIpc) is 3.75. The van der Waals surface area contributed by atoms with Gasteiger partial charge in [0.15, 0.2) is 5.69 Å². The number of benzene rings is 3. The molecule has 3 aromatic carbocycles. The SMILES string of the molecule is NC(=O)c1nn(CC(=O)N(CC(=O)NCc2cccc(Cl)c2F)C2CC2)c2ccc(CC(=O)Cc3ccc(Cl)cc3)cc12. The molecule has 0 radical (unpaired) electrons. The molecule has 0 aliphatic heterocycles. The number of fused-ring (bicyclic) bond motifs is 1. The Morgan fingerprint density at radius 1 is 1.00 bits per heavy atom. The Labute approximate surface area is 256 Å². The number of ketones is 1. The van der Waals surface area contributed by atoms with Crippen molar-refractivity contribution < 1.29 is 23.6 Å². The van der Waals surface area contributed by atoms with E-state index in [1.54, 1.807) is 48.5 Å². The minimum Gasteiger partial charge on any atom is -0.364 e. The van der Waals surface area contributed by atoms with Gasteiger partial charge in [0.1, 0.15) is 18.1 Å². The number of halogens is 3. The lowest BCUT2D eigenvalue weighted by Crippen LogP contribution is -2.43.